The molecule has 0 saturated heterocycles. The van der Waals surface area contributed by atoms with Crippen molar-refractivity contribution in [1.29, 1.82) is 0 Å². The average molecular weight is 245 g/mol. The molecule has 0 aliphatic heterocycles. The van der Waals surface area contributed by atoms with Crippen LogP contribution in [0.2, 0.25) is 0 Å². The summed E-state index contributed by atoms with van der Waals surface area (Å²) in [6, 6.07) is 15.5. The molecule has 2 rings (SSSR count). The number of benzene rings is 2. The van der Waals surface area contributed by atoms with E-state index in [1.165, 1.54) is 12.1 Å². The van der Waals surface area contributed by atoms with Gasteiger partial charge in [0.2, 0.25) is 0 Å². The lowest BCUT2D eigenvalue weighted by Crippen LogP contribution is -2.20. The lowest BCUT2D eigenvalue weighted by atomic mass is 9.89. The minimum absolute atomic E-state index is 0.229. The maximum absolute atomic E-state index is 13.2. The third-order valence-corrected chi connectivity index (χ3v) is 3.05. The van der Waals surface area contributed by atoms with Gasteiger partial charge in [-0.25, -0.2) is 4.39 Å². The van der Waals surface area contributed by atoms with Crippen molar-refractivity contribution in [2.75, 3.05) is 6.54 Å². The SMILES string of the molecule is NCC(c1ccccc1)C(O)c1cccc(F)c1. The third kappa shape index (κ3) is 2.75. The summed E-state index contributed by atoms with van der Waals surface area (Å²) in [5.74, 6) is -0.580. The highest BCUT2D eigenvalue weighted by Gasteiger charge is 2.21. The van der Waals surface area contributed by atoms with E-state index in [-0.39, 0.29) is 11.7 Å². The fourth-order valence-electron chi connectivity index (χ4n) is 2.07. The van der Waals surface area contributed by atoms with Gasteiger partial charge in [-0.1, -0.05) is 42.5 Å². The van der Waals surface area contributed by atoms with E-state index < -0.39 is 6.10 Å². The first-order valence-corrected chi connectivity index (χ1v) is 5.91. The van der Waals surface area contributed by atoms with Gasteiger partial charge in [0.05, 0.1) is 6.10 Å². The van der Waals surface area contributed by atoms with Crippen molar-refractivity contribution in [3.63, 3.8) is 0 Å². The molecule has 0 heterocycles. The van der Waals surface area contributed by atoms with Gasteiger partial charge in [0.15, 0.2) is 0 Å². The van der Waals surface area contributed by atoms with E-state index in [0.29, 0.717) is 12.1 Å². The Hall–Kier alpha value is -1.71. The molecule has 0 saturated carbocycles. The summed E-state index contributed by atoms with van der Waals surface area (Å²) in [6.07, 6.45) is -0.798. The minimum Gasteiger partial charge on any atom is -0.388 e. The normalized spacial score (nSPS) is 14.2. The summed E-state index contributed by atoms with van der Waals surface area (Å²) in [5.41, 5.74) is 7.23. The molecular weight excluding hydrogens is 229 g/mol. The van der Waals surface area contributed by atoms with Gasteiger partial charge in [0.1, 0.15) is 5.82 Å². The number of rotatable bonds is 4. The predicted molar refractivity (Wildman–Crippen MR) is 69.6 cm³/mol. The first-order valence-electron chi connectivity index (χ1n) is 5.91. The first-order chi connectivity index (χ1) is 8.72. The van der Waals surface area contributed by atoms with Crippen molar-refractivity contribution in [2.45, 2.75) is 12.0 Å². The van der Waals surface area contributed by atoms with Gasteiger partial charge in [0, 0.05) is 12.5 Å². The zero-order chi connectivity index (χ0) is 13.0. The molecule has 2 atom stereocenters. The van der Waals surface area contributed by atoms with Gasteiger partial charge in [-0.05, 0) is 23.3 Å². The summed E-state index contributed by atoms with van der Waals surface area (Å²) in [6.45, 7) is 0.307. The van der Waals surface area contributed by atoms with E-state index in [1.54, 1.807) is 12.1 Å². The Morgan fingerprint density at radius 3 is 2.28 bits per heavy atom. The largest absolute Gasteiger partial charge is 0.388 e. The van der Waals surface area contributed by atoms with Crippen LogP contribution in [0, 0.1) is 5.82 Å². The first kappa shape index (κ1) is 12.7. The van der Waals surface area contributed by atoms with Crippen LogP contribution in [0.3, 0.4) is 0 Å². The van der Waals surface area contributed by atoms with Crippen molar-refractivity contribution in [1.82, 2.24) is 0 Å². The zero-order valence-corrected chi connectivity index (χ0v) is 9.96. The molecule has 2 aromatic rings. The van der Waals surface area contributed by atoms with Crippen LogP contribution < -0.4 is 5.73 Å². The Morgan fingerprint density at radius 1 is 1.00 bits per heavy atom. The van der Waals surface area contributed by atoms with Crippen molar-refractivity contribution in [3.05, 3.63) is 71.5 Å². The zero-order valence-electron chi connectivity index (χ0n) is 9.96. The molecule has 3 N–H and O–H groups in total. The molecule has 18 heavy (non-hydrogen) atoms. The second-order valence-electron chi connectivity index (χ2n) is 4.25. The van der Waals surface area contributed by atoms with E-state index in [2.05, 4.69) is 0 Å². The van der Waals surface area contributed by atoms with E-state index in [1.807, 2.05) is 30.3 Å². The summed E-state index contributed by atoms with van der Waals surface area (Å²) in [5, 5.41) is 10.3. The molecule has 0 spiro atoms. The van der Waals surface area contributed by atoms with Crippen LogP contribution in [0.25, 0.3) is 0 Å². The second-order valence-corrected chi connectivity index (χ2v) is 4.25. The lowest BCUT2D eigenvalue weighted by Gasteiger charge is -2.22. The van der Waals surface area contributed by atoms with Crippen LogP contribution in [0.4, 0.5) is 4.39 Å². The molecule has 3 heteroatoms. The summed E-state index contributed by atoms with van der Waals surface area (Å²) >= 11 is 0. The fraction of sp³-hybridized carbons (Fsp3) is 0.200. The van der Waals surface area contributed by atoms with Crippen molar-refractivity contribution < 1.29 is 9.50 Å². The minimum atomic E-state index is -0.798. The molecule has 0 fully saturated rings. The Morgan fingerprint density at radius 2 is 1.67 bits per heavy atom. The molecular formula is C15H16FNO. The molecule has 0 aliphatic rings. The highest BCUT2D eigenvalue weighted by molar-refractivity contribution is 5.27. The van der Waals surface area contributed by atoms with Crippen LogP contribution in [-0.2, 0) is 0 Å². The number of hydrogen-bond acceptors (Lipinski definition) is 2. The summed E-state index contributed by atoms with van der Waals surface area (Å²) < 4.78 is 13.2. The number of aliphatic hydroxyl groups is 1. The molecule has 0 bridgehead atoms. The maximum atomic E-state index is 13.2. The van der Waals surface area contributed by atoms with Crippen molar-refractivity contribution in [2.24, 2.45) is 5.73 Å². The Balaban J connectivity index is 2.28. The van der Waals surface area contributed by atoms with Crippen LogP contribution in [-0.4, -0.2) is 11.7 Å². The molecule has 94 valence electrons. The van der Waals surface area contributed by atoms with Crippen LogP contribution >= 0.6 is 0 Å². The number of aliphatic hydroxyl groups excluding tert-OH is 1. The highest BCUT2D eigenvalue weighted by Crippen LogP contribution is 2.30. The molecule has 2 nitrogen and oxygen atoms in total. The number of hydrogen-bond donors (Lipinski definition) is 2. The lowest BCUT2D eigenvalue weighted by molar-refractivity contribution is 0.147. The average Bonchev–Trinajstić information content (AvgIpc) is 2.41. The van der Waals surface area contributed by atoms with Crippen LogP contribution in [0.5, 0.6) is 0 Å². The standard InChI is InChI=1S/C15H16FNO/c16-13-8-4-7-12(9-13)15(18)14(10-17)11-5-2-1-3-6-11/h1-9,14-15,18H,10,17H2. The summed E-state index contributed by atoms with van der Waals surface area (Å²) in [4.78, 5) is 0. The van der Waals surface area contributed by atoms with E-state index in [4.69, 9.17) is 5.73 Å². The molecule has 0 amide bonds. The van der Waals surface area contributed by atoms with Crippen LogP contribution in [0.1, 0.15) is 23.1 Å². The number of nitrogens with two attached hydrogens (primary N) is 1. The quantitative estimate of drug-likeness (QED) is 0.869. The fourth-order valence-corrected chi connectivity index (χ4v) is 2.07. The molecule has 0 aliphatic carbocycles. The Kier molecular flexibility index (Phi) is 4.07. The third-order valence-electron chi connectivity index (χ3n) is 3.05. The van der Waals surface area contributed by atoms with Crippen molar-refractivity contribution >= 4 is 0 Å². The van der Waals surface area contributed by atoms with E-state index >= 15 is 0 Å². The van der Waals surface area contributed by atoms with Gasteiger partial charge >= 0.3 is 0 Å². The molecule has 2 unspecified atom stereocenters. The highest BCUT2D eigenvalue weighted by atomic mass is 19.1. The molecule has 0 radical (unpaired) electrons. The van der Waals surface area contributed by atoms with E-state index in [9.17, 15) is 9.50 Å². The molecule has 2 aromatic carbocycles. The van der Waals surface area contributed by atoms with Gasteiger partial charge < -0.3 is 10.8 Å². The second kappa shape index (κ2) is 5.76. The Labute approximate surface area is 106 Å². The van der Waals surface area contributed by atoms with Gasteiger partial charge in [-0.15, -0.1) is 0 Å². The van der Waals surface area contributed by atoms with Crippen molar-refractivity contribution in [3.8, 4) is 0 Å². The monoisotopic (exact) mass is 245 g/mol. The van der Waals surface area contributed by atoms with Gasteiger partial charge in [-0.2, -0.15) is 0 Å². The number of halogens is 1. The van der Waals surface area contributed by atoms with Gasteiger partial charge in [0.25, 0.3) is 0 Å². The van der Waals surface area contributed by atoms with E-state index in [0.717, 1.165) is 5.56 Å². The summed E-state index contributed by atoms with van der Waals surface area (Å²) in [7, 11) is 0. The van der Waals surface area contributed by atoms with Crippen LogP contribution in [0.15, 0.2) is 54.6 Å². The maximum Gasteiger partial charge on any atom is 0.123 e. The Bertz CT molecular complexity index is 501. The van der Waals surface area contributed by atoms with Gasteiger partial charge in [-0.3, -0.25) is 0 Å². The topological polar surface area (TPSA) is 46.2 Å². The predicted octanol–water partition coefficient (Wildman–Crippen LogP) is 2.60. The molecule has 0 aromatic heterocycles. The smallest absolute Gasteiger partial charge is 0.123 e.